The highest BCUT2D eigenvalue weighted by molar-refractivity contribution is 6.32. The summed E-state index contributed by atoms with van der Waals surface area (Å²) in [7, 11) is 0. The molecule has 0 fully saturated rings. The van der Waals surface area contributed by atoms with Gasteiger partial charge in [-0.1, -0.05) is 31.0 Å². The molecule has 0 atom stereocenters. The van der Waals surface area contributed by atoms with Crippen LogP contribution in [0.2, 0.25) is 5.02 Å². The van der Waals surface area contributed by atoms with Crippen LogP contribution in [-0.2, 0) is 4.79 Å². The van der Waals surface area contributed by atoms with Crippen LogP contribution in [0.4, 0.5) is 11.4 Å². The molecule has 0 radical (unpaired) electrons. The second kappa shape index (κ2) is 10.2. The van der Waals surface area contributed by atoms with Crippen molar-refractivity contribution in [3.63, 3.8) is 0 Å². The van der Waals surface area contributed by atoms with Gasteiger partial charge < -0.3 is 5.32 Å². The minimum absolute atomic E-state index is 0.0214. The number of carbonyl (C=O) groups excluding carboxylic acids is 2. The number of rotatable bonds is 8. The van der Waals surface area contributed by atoms with E-state index in [2.05, 4.69) is 15.8 Å². The molecule has 2 rings (SSSR count). The SMILES string of the molecule is CCCCC(=O)Nc1ccc(C(=O)NN=Cc2ccc(Cl)c([N+](=O)[O-])c2)cc1. The Labute approximate surface area is 166 Å². The van der Waals surface area contributed by atoms with Gasteiger partial charge in [-0.2, -0.15) is 5.10 Å². The Morgan fingerprint density at radius 2 is 1.93 bits per heavy atom. The first-order valence-corrected chi connectivity index (χ1v) is 8.95. The summed E-state index contributed by atoms with van der Waals surface area (Å²) in [5.41, 5.74) is 3.47. The minimum Gasteiger partial charge on any atom is -0.326 e. The first-order valence-electron chi connectivity index (χ1n) is 8.58. The van der Waals surface area contributed by atoms with Crippen molar-refractivity contribution in [2.75, 3.05) is 5.32 Å². The molecule has 9 heteroatoms. The van der Waals surface area contributed by atoms with Crippen LogP contribution < -0.4 is 10.7 Å². The molecule has 0 unspecified atom stereocenters. The van der Waals surface area contributed by atoms with Crippen LogP contribution in [0.5, 0.6) is 0 Å². The molecule has 2 aromatic rings. The number of hydrazone groups is 1. The second-order valence-electron chi connectivity index (χ2n) is 5.90. The van der Waals surface area contributed by atoms with Crippen molar-refractivity contribution in [3.8, 4) is 0 Å². The summed E-state index contributed by atoms with van der Waals surface area (Å²) in [5, 5.41) is 17.4. The minimum atomic E-state index is -0.596. The number of nitro benzene ring substituents is 1. The van der Waals surface area contributed by atoms with E-state index in [0.717, 1.165) is 12.8 Å². The van der Waals surface area contributed by atoms with Crippen LogP contribution >= 0.6 is 11.6 Å². The molecule has 8 nitrogen and oxygen atoms in total. The summed E-state index contributed by atoms with van der Waals surface area (Å²) >= 11 is 5.74. The van der Waals surface area contributed by atoms with Crippen LogP contribution in [0.3, 0.4) is 0 Å². The highest BCUT2D eigenvalue weighted by Crippen LogP contribution is 2.24. The van der Waals surface area contributed by atoms with Gasteiger partial charge in [-0.25, -0.2) is 5.43 Å². The van der Waals surface area contributed by atoms with E-state index in [0.29, 0.717) is 23.2 Å². The number of anilines is 1. The van der Waals surface area contributed by atoms with Gasteiger partial charge in [0.25, 0.3) is 11.6 Å². The van der Waals surface area contributed by atoms with Crippen molar-refractivity contribution in [2.24, 2.45) is 5.10 Å². The number of nitrogens with zero attached hydrogens (tertiary/aromatic N) is 2. The van der Waals surface area contributed by atoms with Crippen LogP contribution in [0, 0.1) is 10.1 Å². The molecule has 0 aliphatic rings. The average molecular weight is 403 g/mol. The molecule has 2 N–H and O–H groups in total. The summed E-state index contributed by atoms with van der Waals surface area (Å²) in [5.74, 6) is -0.524. The Hall–Kier alpha value is -3.26. The number of halogens is 1. The first kappa shape index (κ1) is 21.0. The highest BCUT2D eigenvalue weighted by atomic mass is 35.5. The van der Waals surface area contributed by atoms with E-state index in [9.17, 15) is 19.7 Å². The number of nitro groups is 1. The molecular weight excluding hydrogens is 384 g/mol. The van der Waals surface area contributed by atoms with Gasteiger partial charge in [-0.15, -0.1) is 0 Å². The normalized spacial score (nSPS) is 10.6. The lowest BCUT2D eigenvalue weighted by Crippen LogP contribution is -2.17. The van der Waals surface area contributed by atoms with Crippen molar-refractivity contribution in [2.45, 2.75) is 26.2 Å². The molecule has 0 bridgehead atoms. The van der Waals surface area contributed by atoms with Crippen molar-refractivity contribution < 1.29 is 14.5 Å². The zero-order chi connectivity index (χ0) is 20.5. The third-order valence-electron chi connectivity index (χ3n) is 3.73. The summed E-state index contributed by atoms with van der Waals surface area (Å²) in [6, 6.07) is 10.6. The van der Waals surface area contributed by atoms with Crippen molar-refractivity contribution >= 4 is 41.0 Å². The lowest BCUT2D eigenvalue weighted by molar-refractivity contribution is -0.384. The summed E-state index contributed by atoms with van der Waals surface area (Å²) in [6.07, 6.45) is 3.50. The molecule has 0 saturated carbocycles. The zero-order valence-corrected chi connectivity index (χ0v) is 15.9. The van der Waals surface area contributed by atoms with Crippen LogP contribution in [-0.4, -0.2) is 23.0 Å². The van der Waals surface area contributed by atoms with Gasteiger partial charge >= 0.3 is 0 Å². The topological polar surface area (TPSA) is 114 Å². The van der Waals surface area contributed by atoms with Gasteiger partial charge in [0.15, 0.2) is 0 Å². The molecule has 0 heterocycles. The highest BCUT2D eigenvalue weighted by Gasteiger charge is 2.12. The molecule has 0 aliphatic heterocycles. The van der Waals surface area contributed by atoms with E-state index in [1.54, 1.807) is 30.3 Å². The second-order valence-corrected chi connectivity index (χ2v) is 6.30. The van der Waals surface area contributed by atoms with Gasteiger partial charge in [0.2, 0.25) is 5.91 Å². The van der Waals surface area contributed by atoms with Gasteiger partial charge in [0, 0.05) is 29.3 Å². The van der Waals surface area contributed by atoms with E-state index in [1.165, 1.54) is 18.3 Å². The third-order valence-corrected chi connectivity index (χ3v) is 4.05. The number of unbranched alkanes of at least 4 members (excludes halogenated alkanes) is 1. The number of carbonyl (C=O) groups is 2. The average Bonchev–Trinajstić information content (AvgIpc) is 2.68. The molecule has 0 saturated heterocycles. The molecule has 2 aromatic carbocycles. The van der Waals surface area contributed by atoms with Crippen molar-refractivity contribution in [1.29, 1.82) is 0 Å². The molecule has 0 spiro atoms. The Morgan fingerprint density at radius 1 is 1.21 bits per heavy atom. The summed E-state index contributed by atoms with van der Waals surface area (Å²) in [4.78, 5) is 34.1. The first-order chi connectivity index (χ1) is 13.4. The summed E-state index contributed by atoms with van der Waals surface area (Å²) in [6.45, 7) is 2.01. The predicted octanol–water partition coefficient (Wildman–Crippen LogP) is 4.14. The Bertz CT molecular complexity index is 897. The number of hydrogen-bond donors (Lipinski definition) is 2. The molecule has 0 aliphatic carbocycles. The smallest absolute Gasteiger partial charge is 0.288 e. The maximum Gasteiger partial charge on any atom is 0.288 e. The molecular formula is C19H19ClN4O4. The maximum absolute atomic E-state index is 12.1. The quantitative estimate of drug-likeness (QED) is 0.392. The van der Waals surface area contributed by atoms with E-state index in [1.807, 2.05) is 6.92 Å². The molecule has 2 amide bonds. The number of amides is 2. The molecule has 146 valence electrons. The van der Waals surface area contributed by atoms with Gasteiger partial charge in [-0.3, -0.25) is 19.7 Å². The molecule has 28 heavy (non-hydrogen) atoms. The lowest BCUT2D eigenvalue weighted by atomic mass is 10.2. The van der Waals surface area contributed by atoms with E-state index >= 15 is 0 Å². The van der Waals surface area contributed by atoms with Gasteiger partial charge in [0.05, 0.1) is 11.1 Å². The largest absolute Gasteiger partial charge is 0.326 e. The van der Waals surface area contributed by atoms with E-state index < -0.39 is 10.8 Å². The third kappa shape index (κ3) is 6.17. The van der Waals surface area contributed by atoms with Crippen LogP contribution in [0.25, 0.3) is 0 Å². The Kier molecular flexibility index (Phi) is 7.65. The van der Waals surface area contributed by atoms with Crippen molar-refractivity contribution in [3.05, 3.63) is 68.7 Å². The Balaban J connectivity index is 1.94. The zero-order valence-electron chi connectivity index (χ0n) is 15.1. The van der Waals surface area contributed by atoms with Crippen LogP contribution in [0.15, 0.2) is 47.6 Å². The molecule has 0 aromatic heterocycles. The fourth-order valence-corrected chi connectivity index (χ4v) is 2.43. The monoisotopic (exact) mass is 402 g/mol. The fourth-order valence-electron chi connectivity index (χ4n) is 2.25. The lowest BCUT2D eigenvalue weighted by Gasteiger charge is -2.06. The predicted molar refractivity (Wildman–Crippen MR) is 108 cm³/mol. The van der Waals surface area contributed by atoms with Gasteiger partial charge in [-0.05, 0) is 36.8 Å². The Morgan fingerprint density at radius 3 is 2.57 bits per heavy atom. The number of nitrogens with one attached hydrogen (secondary N) is 2. The standard InChI is InChI=1S/C19H19ClN4O4/c1-2-3-4-18(25)22-15-8-6-14(7-9-15)19(26)23-21-12-13-5-10-16(20)17(11-13)24(27)28/h5-12H,2-4H2,1H3,(H,22,25)(H,23,26). The van der Waals surface area contributed by atoms with E-state index in [4.69, 9.17) is 11.6 Å². The number of benzene rings is 2. The number of hydrogen-bond acceptors (Lipinski definition) is 5. The van der Waals surface area contributed by atoms with Crippen molar-refractivity contribution in [1.82, 2.24) is 5.43 Å². The summed E-state index contributed by atoms with van der Waals surface area (Å²) < 4.78 is 0. The maximum atomic E-state index is 12.1. The van der Waals surface area contributed by atoms with E-state index in [-0.39, 0.29) is 16.6 Å². The van der Waals surface area contributed by atoms with Crippen LogP contribution in [0.1, 0.15) is 42.1 Å². The van der Waals surface area contributed by atoms with Gasteiger partial charge in [0.1, 0.15) is 5.02 Å². The fraction of sp³-hybridized carbons (Fsp3) is 0.211.